The molecule has 1 N–H and O–H groups in total. The van der Waals surface area contributed by atoms with Gasteiger partial charge in [0.1, 0.15) is 0 Å². The fraction of sp³-hybridized carbons (Fsp3) is 0.500. The quantitative estimate of drug-likeness (QED) is 0.498. The Morgan fingerprint density at radius 1 is 1.50 bits per heavy atom. The van der Waals surface area contributed by atoms with Gasteiger partial charge in [-0.15, -0.1) is 11.6 Å². The van der Waals surface area contributed by atoms with Crippen molar-refractivity contribution in [3.05, 3.63) is 39.4 Å². The molecule has 1 aromatic carbocycles. The third-order valence-corrected chi connectivity index (χ3v) is 4.07. The molecule has 0 aromatic heterocycles. The Labute approximate surface area is 122 Å². The fourth-order valence-corrected chi connectivity index (χ4v) is 2.62. The number of nitro benzene ring substituents is 1. The zero-order valence-electron chi connectivity index (χ0n) is 11.3. The maximum atomic E-state index is 12.2. The van der Waals surface area contributed by atoms with Crippen LogP contribution in [0.15, 0.2) is 18.2 Å². The van der Waals surface area contributed by atoms with E-state index in [9.17, 15) is 14.9 Å². The average molecular weight is 297 g/mol. The number of carbonyl (C=O) groups excluding carboxylic acids is 1. The minimum atomic E-state index is -0.494. The lowest BCUT2D eigenvalue weighted by molar-refractivity contribution is -0.384. The standard InChI is InChI=1S/C14H17ClN2O3/c1-10-2-3-11(17(19)20)8-12(10)13(18)16-9-14(4-5-14)6-7-15/h2-3,8H,4-7,9H2,1H3,(H,16,18). The summed E-state index contributed by atoms with van der Waals surface area (Å²) in [4.78, 5) is 22.4. The molecule has 0 bridgehead atoms. The zero-order valence-corrected chi connectivity index (χ0v) is 12.1. The van der Waals surface area contributed by atoms with Crippen LogP contribution in [0.3, 0.4) is 0 Å². The Hall–Kier alpha value is -1.62. The molecule has 1 aromatic rings. The van der Waals surface area contributed by atoms with Crippen molar-refractivity contribution in [3.63, 3.8) is 0 Å². The van der Waals surface area contributed by atoms with Gasteiger partial charge >= 0.3 is 0 Å². The van der Waals surface area contributed by atoms with Crippen molar-refractivity contribution >= 4 is 23.2 Å². The van der Waals surface area contributed by atoms with Gasteiger partial charge in [0.05, 0.1) is 4.92 Å². The number of carbonyl (C=O) groups is 1. The Kier molecular flexibility index (Phi) is 4.28. The van der Waals surface area contributed by atoms with Gasteiger partial charge in [0.2, 0.25) is 0 Å². The fourth-order valence-electron chi connectivity index (χ4n) is 2.22. The highest BCUT2D eigenvalue weighted by molar-refractivity contribution is 6.17. The molecule has 1 aliphatic carbocycles. The molecule has 2 rings (SSSR count). The monoisotopic (exact) mass is 296 g/mol. The normalized spacial score (nSPS) is 15.7. The number of non-ortho nitro benzene ring substituents is 1. The summed E-state index contributed by atoms with van der Waals surface area (Å²) in [6.45, 7) is 2.35. The van der Waals surface area contributed by atoms with Gasteiger partial charge in [0.25, 0.3) is 11.6 Å². The molecule has 0 heterocycles. The highest BCUT2D eigenvalue weighted by Gasteiger charge is 2.41. The molecule has 0 spiro atoms. The summed E-state index contributed by atoms with van der Waals surface area (Å²) in [6.07, 6.45) is 3.05. The number of alkyl halides is 1. The summed E-state index contributed by atoms with van der Waals surface area (Å²) >= 11 is 5.75. The first-order valence-electron chi connectivity index (χ1n) is 6.57. The van der Waals surface area contributed by atoms with E-state index in [1.165, 1.54) is 12.1 Å². The molecular formula is C14H17ClN2O3. The number of nitrogens with one attached hydrogen (secondary N) is 1. The Balaban J connectivity index is 2.05. The highest BCUT2D eigenvalue weighted by Crippen LogP contribution is 2.48. The van der Waals surface area contributed by atoms with Crippen LogP contribution in [0.5, 0.6) is 0 Å². The van der Waals surface area contributed by atoms with E-state index >= 15 is 0 Å². The molecule has 0 unspecified atom stereocenters. The van der Waals surface area contributed by atoms with Crippen LogP contribution in [0.1, 0.15) is 35.2 Å². The average Bonchev–Trinajstić information content (AvgIpc) is 3.17. The predicted molar refractivity (Wildman–Crippen MR) is 77.2 cm³/mol. The maximum absolute atomic E-state index is 12.2. The molecule has 1 amide bonds. The van der Waals surface area contributed by atoms with E-state index in [0.29, 0.717) is 18.0 Å². The molecule has 5 nitrogen and oxygen atoms in total. The van der Waals surface area contributed by atoms with Crippen molar-refractivity contribution in [2.24, 2.45) is 5.41 Å². The van der Waals surface area contributed by atoms with Crippen LogP contribution in [0.4, 0.5) is 5.69 Å². The van der Waals surface area contributed by atoms with Crippen LogP contribution in [-0.2, 0) is 0 Å². The van der Waals surface area contributed by atoms with E-state index in [2.05, 4.69) is 5.32 Å². The smallest absolute Gasteiger partial charge is 0.270 e. The number of aryl methyl sites for hydroxylation is 1. The first-order valence-corrected chi connectivity index (χ1v) is 7.10. The summed E-state index contributed by atoms with van der Waals surface area (Å²) < 4.78 is 0. The van der Waals surface area contributed by atoms with Crippen molar-refractivity contribution in [2.75, 3.05) is 12.4 Å². The molecule has 6 heteroatoms. The summed E-state index contributed by atoms with van der Waals surface area (Å²) in [6, 6.07) is 4.33. The number of nitrogens with zero attached hydrogens (tertiary/aromatic N) is 1. The van der Waals surface area contributed by atoms with Gasteiger partial charge in [-0.1, -0.05) is 6.07 Å². The molecule has 0 radical (unpaired) electrons. The van der Waals surface area contributed by atoms with Crippen molar-refractivity contribution < 1.29 is 9.72 Å². The molecule has 1 aliphatic rings. The summed E-state index contributed by atoms with van der Waals surface area (Å²) in [5.74, 6) is 0.332. The molecule has 0 saturated heterocycles. The van der Waals surface area contributed by atoms with Crippen LogP contribution < -0.4 is 5.32 Å². The van der Waals surface area contributed by atoms with E-state index in [4.69, 9.17) is 11.6 Å². The van der Waals surface area contributed by atoms with E-state index in [0.717, 1.165) is 24.8 Å². The Morgan fingerprint density at radius 3 is 2.75 bits per heavy atom. The third-order valence-electron chi connectivity index (χ3n) is 3.88. The minimum absolute atomic E-state index is 0.0670. The van der Waals surface area contributed by atoms with E-state index in [1.807, 2.05) is 0 Å². The topological polar surface area (TPSA) is 72.2 Å². The van der Waals surface area contributed by atoms with Crippen molar-refractivity contribution in [3.8, 4) is 0 Å². The lowest BCUT2D eigenvalue weighted by atomic mass is 10.0. The van der Waals surface area contributed by atoms with E-state index < -0.39 is 4.92 Å². The molecule has 1 saturated carbocycles. The second-order valence-corrected chi connectivity index (χ2v) is 5.76. The predicted octanol–water partition coefficient (Wildman–Crippen LogP) is 3.04. The van der Waals surface area contributed by atoms with Crippen molar-refractivity contribution in [1.82, 2.24) is 5.32 Å². The molecule has 1 fully saturated rings. The first-order chi connectivity index (χ1) is 9.47. The largest absolute Gasteiger partial charge is 0.351 e. The molecular weight excluding hydrogens is 280 g/mol. The highest BCUT2D eigenvalue weighted by atomic mass is 35.5. The van der Waals surface area contributed by atoms with Crippen LogP contribution >= 0.6 is 11.6 Å². The second kappa shape index (κ2) is 5.79. The lowest BCUT2D eigenvalue weighted by Gasteiger charge is -2.15. The number of benzene rings is 1. The molecule has 0 aliphatic heterocycles. The number of hydrogen-bond acceptors (Lipinski definition) is 3. The maximum Gasteiger partial charge on any atom is 0.270 e. The van der Waals surface area contributed by atoms with E-state index in [1.54, 1.807) is 13.0 Å². The van der Waals surface area contributed by atoms with Gasteiger partial charge in [-0.25, -0.2) is 0 Å². The SMILES string of the molecule is Cc1ccc([N+](=O)[O-])cc1C(=O)NCC1(CCCl)CC1. The number of halogens is 1. The van der Waals surface area contributed by atoms with Crippen LogP contribution in [0.25, 0.3) is 0 Å². The number of rotatable bonds is 6. The molecule has 108 valence electrons. The molecule has 0 atom stereocenters. The molecule has 20 heavy (non-hydrogen) atoms. The van der Waals surface area contributed by atoms with Gasteiger partial charge in [-0.05, 0) is 37.2 Å². The van der Waals surface area contributed by atoms with Crippen molar-refractivity contribution in [1.29, 1.82) is 0 Å². The van der Waals surface area contributed by atoms with E-state index in [-0.39, 0.29) is 17.0 Å². The lowest BCUT2D eigenvalue weighted by Crippen LogP contribution is -2.31. The number of nitro groups is 1. The summed E-state index contributed by atoms with van der Waals surface area (Å²) in [5, 5.41) is 13.6. The van der Waals surface area contributed by atoms with Crippen LogP contribution in [0.2, 0.25) is 0 Å². The minimum Gasteiger partial charge on any atom is -0.351 e. The second-order valence-electron chi connectivity index (χ2n) is 5.38. The van der Waals surface area contributed by atoms with Gasteiger partial charge in [-0.3, -0.25) is 14.9 Å². The van der Waals surface area contributed by atoms with Gasteiger partial charge in [0, 0.05) is 30.1 Å². The Morgan fingerprint density at radius 2 is 2.20 bits per heavy atom. The van der Waals surface area contributed by atoms with Gasteiger partial charge in [-0.2, -0.15) is 0 Å². The van der Waals surface area contributed by atoms with Crippen LogP contribution in [0, 0.1) is 22.5 Å². The Bertz CT molecular complexity index is 541. The summed E-state index contributed by atoms with van der Waals surface area (Å²) in [7, 11) is 0. The van der Waals surface area contributed by atoms with Gasteiger partial charge < -0.3 is 5.32 Å². The zero-order chi connectivity index (χ0) is 14.8. The number of amides is 1. The number of hydrogen-bond donors (Lipinski definition) is 1. The van der Waals surface area contributed by atoms with Crippen LogP contribution in [-0.4, -0.2) is 23.3 Å². The summed E-state index contributed by atoms with van der Waals surface area (Å²) in [5.41, 5.74) is 1.17. The third kappa shape index (κ3) is 3.28. The van der Waals surface area contributed by atoms with Gasteiger partial charge in [0.15, 0.2) is 0 Å². The van der Waals surface area contributed by atoms with Crippen molar-refractivity contribution in [2.45, 2.75) is 26.2 Å². The first kappa shape index (κ1) is 14.8.